The van der Waals surface area contributed by atoms with Gasteiger partial charge in [-0.05, 0) is 35.0 Å². The predicted molar refractivity (Wildman–Crippen MR) is 89.0 cm³/mol. The van der Waals surface area contributed by atoms with Crippen LogP contribution in [0.1, 0.15) is 0 Å². The Morgan fingerprint density at radius 2 is 1.36 bits per heavy atom. The summed E-state index contributed by atoms with van der Waals surface area (Å²) in [5.74, 6) is 0.562. The number of phenols is 2. The van der Waals surface area contributed by atoms with Crippen LogP contribution in [-0.4, -0.2) is 15.2 Å². The van der Waals surface area contributed by atoms with Crippen molar-refractivity contribution in [3.05, 3.63) is 79.0 Å². The molecule has 3 nitrogen and oxygen atoms in total. The first kappa shape index (κ1) is 13.9. The van der Waals surface area contributed by atoms with Crippen molar-refractivity contribution in [1.29, 1.82) is 0 Å². The lowest BCUT2D eigenvalue weighted by Gasteiger charge is -1.96. The van der Waals surface area contributed by atoms with E-state index in [9.17, 15) is 5.11 Å². The molecule has 0 amide bonds. The molecule has 3 aromatic carbocycles. The molecule has 3 heteroatoms. The number of aromatic hydroxyl groups is 2. The Kier molecular flexibility index (Phi) is 3.88. The fourth-order valence-electron chi connectivity index (χ4n) is 2.26. The average molecular weight is 289 g/mol. The van der Waals surface area contributed by atoms with Gasteiger partial charge in [0.05, 0.1) is 0 Å². The number of aromatic nitrogens is 1. The summed E-state index contributed by atoms with van der Waals surface area (Å²) in [5.41, 5.74) is 0.662. The number of para-hydroxylation sites is 1. The molecule has 4 rings (SSSR count). The Bertz CT molecular complexity index is 907. The highest BCUT2D eigenvalue weighted by Gasteiger charge is 1.96. The van der Waals surface area contributed by atoms with Gasteiger partial charge in [-0.15, -0.1) is 0 Å². The van der Waals surface area contributed by atoms with Crippen molar-refractivity contribution in [2.45, 2.75) is 0 Å². The monoisotopic (exact) mass is 289 g/mol. The Morgan fingerprint density at radius 3 is 2.18 bits per heavy atom. The molecular weight excluding hydrogens is 274 g/mol. The Hall–Kier alpha value is -3.07. The first-order valence-corrected chi connectivity index (χ1v) is 6.94. The summed E-state index contributed by atoms with van der Waals surface area (Å²) in [7, 11) is 0. The van der Waals surface area contributed by atoms with Gasteiger partial charge in [0.25, 0.3) is 0 Å². The predicted octanol–water partition coefficient (Wildman–Crippen LogP) is 4.49. The van der Waals surface area contributed by atoms with Crippen LogP contribution in [0.25, 0.3) is 21.7 Å². The summed E-state index contributed by atoms with van der Waals surface area (Å²) < 4.78 is 0. The lowest BCUT2D eigenvalue weighted by Crippen LogP contribution is -1.76. The summed E-state index contributed by atoms with van der Waals surface area (Å²) >= 11 is 0. The van der Waals surface area contributed by atoms with Crippen molar-refractivity contribution in [3.63, 3.8) is 0 Å². The standard InChI is InChI=1S/C10H8O.C9H7NO/c11-10-6-5-8-3-1-2-4-9(8)7-10;11-8-5-1-3-7-4-2-6-10-9(7)8/h1-7,11H;1-6,11H. The van der Waals surface area contributed by atoms with Gasteiger partial charge in [-0.1, -0.05) is 48.5 Å². The van der Waals surface area contributed by atoms with Crippen LogP contribution in [0.15, 0.2) is 79.0 Å². The Balaban J connectivity index is 0.000000131. The number of fused-ring (bicyclic) bond motifs is 2. The second-order valence-electron chi connectivity index (χ2n) is 4.88. The van der Waals surface area contributed by atoms with Crippen molar-refractivity contribution in [2.24, 2.45) is 0 Å². The summed E-state index contributed by atoms with van der Waals surface area (Å²) in [5, 5.41) is 21.6. The molecule has 1 aromatic heterocycles. The van der Waals surface area contributed by atoms with Gasteiger partial charge < -0.3 is 10.2 Å². The first-order chi connectivity index (χ1) is 10.7. The Morgan fingerprint density at radius 1 is 0.636 bits per heavy atom. The van der Waals surface area contributed by atoms with Gasteiger partial charge in [-0.3, -0.25) is 4.98 Å². The molecule has 1 heterocycles. The zero-order valence-corrected chi connectivity index (χ0v) is 11.8. The molecule has 0 aliphatic rings. The minimum Gasteiger partial charge on any atom is -0.508 e. The molecule has 0 aliphatic heterocycles. The van der Waals surface area contributed by atoms with Gasteiger partial charge in [0.15, 0.2) is 0 Å². The largest absolute Gasteiger partial charge is 0.508 e. The van der Waals surface area contributed by atoms with Crippen LogP contribution >= 0.6 is 0 Å². The van der Waals surface area contributed by atoms with E-state index >= 15 is 0 Å². The van der Waals surface area contributed by atoms with Gasteiger partial charge in [-0.25, -0.2) is 0 Å². The van der Waals surface area contributed by atoms with Crippen molar-refractivity contribution in [3.8, 4) is 11.5 Å². The van der Waals surface area contributed by atoms with E-state index in [0.29, 0.717) is 11.3 Å². The molecule has 0 saturated carbocycles. The SMILES string of the molecule is Oc1ccc2ccccc2c1.Oc1cccc2cccnc12. The van der Waals surface area contributed by atoms with E-state index in [1.54, 1.807) is 30.5 Å². The van der Waals surface area contributed by atoms with Gasteiger partial charge in [0, 0.05) is 11.6 Å². The summed E-state index contributed by atoms with van der Waals surface area (Å²) in [6.45, 7) is 0. The van der Waals surface area contributed by atoms with Crippen molar-refractivity contribution < 1.29 is 10.2 Å². The van der Waals surface area contributed by atoms with E-state index < -0.39 is 0 Å². The smallest absolute Gasteiger partial charge is 0.141 e. The number of phenolic OH excluding ortho intramolecular Hbond substituents is 2. The topological polar surface area (TPSA) is 53.4 Å². The minimum atomic E-state index is 0.239. The molecule has 2 N–H and O–H groups in total. The number of benzene rings is 3. The highest BCUT2D eigenvalue weighted by atomic mass is 16.3. The van der Waals surface area contributed by atoms with Crippen LogP contribution in [0, 0.1) is 0 Å². The number of pyridine rings is 1. The fourth-order valence-corrected chi connectivity index (χ4v) is 2.26. The lowest BCUT2D eigenvalue weighted by atomic mass is 10.1. The van der Waals surface area contributed by atoms with E-state index in [1.165, 1.54) is 0 Å². The molecule has 0 radical (unpaired) electrons. The highest BCUT2D eigenvalue weighted by molar-refractivity contribution is 5.84. The number of hydrogen-bond donors (Lipinski definition) is 2. The van der Waals surface area contributed by atoms with Crippen molar-refractivity contribution >= 4 is 21.7 Å². The van der Waals surface area contributed by atoms with Gasteiger partial charge in [-0.2, -0.15) is 0 Å². The Labute approximate surface area is 128 Å². The second kappa shape index (κ2) is 6.14. The summed E-state index contributed by atoms with van der Waals surface area (Å²) in [6.07, 6.45) is 1.67. The zero-order chi connectivity index (χ0) is 15.4. The molecule has 4 aromatic rings. The fraction of sp³-hybridized carbons (Fsp3) is 0. The lowest BCUT2D eigenvalue weighted by molar-refractivity contribution is 0.476. The molecule has 0 saturated heterocycles. The number of hydrogen-bond acceptors (Lipinski definition) is 3. The highest BCUT2D eigenvalue weighted by Crippen LogP contribution is 2.20. The van der Waals surface area contributed by atoms with Crippen molar-refractivity contribution in [2.75, 3.05) is 0 Å². The maximum atomic E-state index is 9.31. The van der Waals surface area contributed by atoms with Crippen LogP contribution in [-0.2, 0) is 0 Å². The summed E-state index contributed by atoms with van der Waals surface area (Å²) in [4.78, 5) is 4.03. The minimum absolute atomic E-state index is 0.239. The molecule has 0 spiro atoms. The molecule has 0 atom stereocenters. The van der Waals surface area contributed by atoms with Crippen molar-refractivity contribution in [1.82, 2.24) is 4.98 Å². The molecule has 0 aliphatic carbocycles. The van der Waals surface area contributed by atoms with Crippen LogP contribution in [0.2, 0.25) is 0 Å². The summed E-state index contributed by atoms with van der Waals surface area (Å²) in [6, 6.07) is 22.4. The molecule has 22 heavy (non-hydrogen) atoms. The maximum absolute atomic E-state index is 9.31. The zero-order valence-electron chi connectivity index (χ0n) is 11.8. The molecule has 0 bridgehead atoms. The van der Waals surface area contributed by atoms with E-state index in [4.69, 9.17) is 5.11 Å². The van der Waals surface area contributed by atoms with E-state index in [-0.39, 0.29) is 5.75 Å². The molecule has 0 unspecified atom stereocenters. The van der Waals surface area contributed by atoms with E-state index in [1.807, 2.05) is 48.5 Å². The quantitative estimate of drug-likeness (QED) is 0.501. The third-order valence-corrected chi connectivity index (χ3v) is 3.34. The number of rotatable bonds is 0. The van der Waals surface area contributed by atoms with Gasteiger partial charge >= 0.3 is 0 Å². The second-order valence-corrected chi connectivity index (χ2v) is 4.88. The maximum Gasteiger partial charge on any atom is 0.141 e. The normalized spacial score (nSPS) is 10.2. The first-order valence-electron chi connectivity index (χ1n) is 6.94. The molecular formula is C19H15NO2. The van der Waals surface area contributed by atoms with E-state index in [0.717, 1.165) is 16.2 Å². The van der Waals surface area contributed by atoms with Crippen LogP contribution in [0.3, 0.4) is 0 Å². The van der Waals surface area contributed by atoms with Crippen LogP contribution in [0.4, 0.5) is 0 Å². The molecule has 0 fully saturated rings. The van der Waals surface area contributed by atoms with Gasteiger partial charge in [0.2, 0.25) is 0 Å². The van der Waals surface area contributed by atoms with Crippen LogP contribution in [0.5, 0.6) is 11.5 Å². The van der Waals surface area contributed by atoms with Crippen LogP contribution < -0.4 is 0 Å². The number of nitrogens with zero attached hydrogens (tertiary/aromatic N) is 1. The van der Waals surface area contributed by atoms with E-state index in [2.05, 4.69) is 4.98 Å². The molecule has 108 valence electrons. The third kappa shape index (κ3) is 2.99. The third-order valence-electron chi connectivity index (χ3n) is 3.34. The average Bonchev–Trinajstić information content (AvgIpc) is 2.56. The van der Waals surface area contributed by atoms with Gasteiger partial charge in [0.1, 0.15) is 17.0 Å².